The van der Waals surface area contributed by atoms with Crippen LogP contribution in [0.3, 0.4) is 0 Å². The van der Waals surface area contributed by atoms with Gasteiger partial charge in [0.2, 0.25) is 0 Å². The number of likely N-dealkylation sites (tertiary alicyclic amines) is 1. The minimum atomic E-state index is -0.694. The van der Waals surface area contributed by atoms with E-state index >= 15 is 0 Å². The first-order valence-electron chi connectivity index (χ1n) is 9.25. The molecule has 26 heavy (non-hydrogen) atoms. The summed E-state index contributed by atoms with van der Waals surface area (Å²) in [5.74, 6) is 0.804. The topological polar surface area (TPSA) is 42.0 Å². The molecule has 0 unspecified atom stereocenters. The van der Waals surface area contributed by atoms with Gasteiger partial charge in [-0.2, -0.15) is 0 Å². The number of ether oxygens (including phenoxy) is 2. The summed E-state index contributed by atoms with van der Waals surface area (Å²) in [6.45, 7) is 8.76. The average molecular weight is 366 g/mol. The van der Waals surface area contributed by atoms with Crippen LogP contribution in [0.1, 0.15) is 32.8 Å². The summed E-state index contributed by atoms with van der Waals surface area (Å²) in [6.07, 6.45) is 0.338. The molecule has 0 N–H and O–H groups in total. The van der Waals surface area contributed by atoms with E-state index in [2.05, 4.69) is 4.90 Å². The zero-order valence-electron chi connectivity index (χ0n) is 16.3. The van der Waals surface area contributed by atoms with Crippen molar-refractivity contribution in [3.05, 3.63) is 29.8 Å². The molecule has 0 radical (unpaired) electrons. The molecule has 1 aliphatic heterocycles. The maximum atomic E-state index is 13.2. The third kappa shape index (κ3) is 7.20. The smallest absolute Gasteiger partial charge is 0.410 e. The molecule has 1 heterocycles. The van der Waals surface area contributed by atoms with Gasteiger partial charge in [0, 0.05) is 33.2 Å². The molecule has 2 rings (SSSR count). The van der Waals surface area contributed by atoms with E-state index in [1.807, 2.05) is 45.0 Å². The van der Waals surface area contributed by atoms with Crippen LogP contribution in [0.15, 0.2) is 24.3 Å². The number of hydrogen-bond acceptors (Lipinski definition) is 4. The predicted octanol–water partition coefficient (Wildman–Crippen LogP) is 3.52. The van der Waals surface area contributed by atoms with Crippen LogP contribution < -0.4 is 4.74 Å². The molecule has 146 valence electrons. The van der Waals surface area contributed by atoms with Crippen molar-refractivity contribution in [3.8, 4) is 5.75 Å². The molecule has 0 spiro atoms. The summed E-state index contributed by atoms with van der Waals surface area (Å²) >= 11 is 0. The van der Waals surface area contributed by atoms with Crippen molar-refractivity contribution >= 4 is 6.09 Å². The average Bonchev–Trinajstić information content (AvgIpc) is 2.97. The van der Waals surface area contributed by atoms with E-state index in [0.717, 1.165) is 30.8 Å². The summed E-state index contributed by atoms with van der Waals surface area (Å²) < 4.78 is 24.3. The Morgan fingerprint density at radius 1 is 1.38 bits per heavy atom. The minimum absolute atomic E-state index is 0.318. The monoisotopic (exact) mass is 366 g/mol. The second kappa shape index (κ2) is 9.21. The van der Waals surface area contributed by atoms with E-state index in [4.69, 9.17) is 9.47 Å². The molecule has 5 nitrogen and oxygen atoms in total. The third-order valence-electron chi connectivity index (χ3n) is 4.23. The molecule has 0 bridgehead atoms. The highest BCUT2D eigenvalue weighted by Gasteiger charge is 2.21. The number of halogens is 1. The highest BCUT2D eigenvalue weighted by atomic mass is 19.1. The Morgan fingerprint density at radius 3 is 2.81 bits per heavy atom. The molecular formula is C20H31FN2O3. The standard InChI is InChI=1S/C20H31FN2O3/c1-20(2,3)26-19(24)22(4)10-8-16-6-5-7-18(14-16)25-13-12-23-11-9-17(21)15-23/h5-7,14,17H,8-13,15H2,1-4H3/t17-/m0/s1. The Morgan fingerprint density at radius 2 is 2.15 bits per heavy atom. The van der Waals surface area contributed by atoms with Crippen molar-refractivity contribution in [2.24, 2.45) is 0 Å². The van der Waals surface area contributed by atoms with Gasteiger partial charge in [0.15, 0.2) is 0 Å². The second-order valence-electron chi connectivity index (χ2n) is 7.83. The van der Waals surface area contributed by atoms with Gasteiger partial charge < -0.3 is 14.4 Å². The quantitative estimate of drug-likeness (QED) is 0.740. The van der Waals surface area contributed by atoms with Crippen LogP contribution in [0.5, 0.6) is 5.75 Å². The lowest BCUT2D eigenvalue weighted by atomic mass is 10.1. The molecule has 1 aromatic carbocycles. The summed E-state index contributed by atoms with van der Waals surface area (Å²) in [5.41, 5.74) is 0.610. The SMILES string of the molecule is CN(CCc1cccc(OCCN2CC[C@H](F)C2)c1)C(=O)OC(C)(C)C. The van der Waals surface area contributed by atoms with E-state index in [1.54, 1.807) is 11.9 Å². The van der Waals surface area contributed by atoms with Crippen molar-refractivity contribution in [2.45, 2.75) is 45.4 Å². The number of carbonyl (C=O) groups excluding carboxylic acids is 1. The summed E-state index contributed by atoms with van der Waals surface area (Å²) in [4.78, 5) is 15.7. The summed E-state index contributed by atoms with van der Waals surface area (Å²) in [7, 11) is 1.74. The lowest BCUT2D eigenvalue weighted by Crippen LogP contribution is -2.35. The number of nitrogens with zero attached hydrogens (tertiary/aromatic N) is 2. The zero-order valence-corrected chi connectivity index (χ0v) is 16.3. The normalized spacial score (nSPS) is 18.0. The zero-order chi connectivity index (χ0) is 19.2. The maximum Gasteiger partial charge on any atom is 0.410 e. The Labute approximate surface area is 156 Å². The van der Waals surface area contributed by atoms with Gasteiger partial charge in [-0.15, -0.1) is 0 Å². The van der Waals surface area contributed by atoms with Gasteiger partial charge in [0.25, 0.3) is 0 Å². The van der Waals surface area contributed by atoms with Crippen molar-refractivity contribution in [1.82, 2.24) is 9.80 Å². The number of hydrogen-bond donors (Lipinski definition) is 0. The molecule has 1 amide bonds. The lowest BCUT2D eigenvalue weighted by Gasteiger charge is -2.24. The van der Waals surface area contributed by atoms with E-state index in [0.29, 0.717) is 26.1 Å². The Bertz CT molecular complexity index is 589. The van der Waals surface area contributed by atoms with Crippen LogP contribution in [0.2, 0.25) is 0 Å². The molecule has 6 heteroatoms. The summed E-state index contributed by atoms with van der Waals surface area (Å²) in [5, 5.41) is 0. The van der Waals surface area contributed by atoms with Crippen molar-refractivity contribution in [1.29, 1.82) is 0 Å². The van der Waals surface area contributed by atoms with E-state index < -0.39 is 11.8 Å². The molecule has 0 aliphatic carbocycles. The number of rotatable bonds is 7. The first kappa shape index (κ1) is 20.5. The van der Waals surface area contributed by atoms with Crippen LogP contribution in [0, 0.1) is 0 Å². The van der Waals surface area contributed by atoms with Gasteiger partial charge in [-0.3, -0.25) is 4.90 Å². The maximum absolute atomic E-state index is 13.2. The molecule has 1 fully saturated rings. The van der Waals surface area contributed by atoms with E-state index in [9.17, 15) is 9.18 Å². The highest BCUT2D eigenvalue weighted by Crippen LogP contribution is 2.16. The van der Waals surface area contributed by atoms with Crippen LogP contribution in [0.25, 0.3) is 0 Å². The first-order valence-corrected chi connectivity index (χ1v) is 9.25. The molecular weight excluding hydrogens is 335 g/mol. The summed E-state index contributed by atoms with van der Waals surface area (Å²) in [6, 6.07) is 7.88. The van der Waals surface area contributed by atoms with Gasteiger partial charge in [-0.25, -0.2) is 9.18 Å². The van der Waals surface area contributed by atoms with Gasteiger partial charge in [0.1, 0.15) is 24.1 Å². The number of likely N-dealkylation sites (N-methyl/N-ethyl adjacent to an activating group) is 1. The second-order valence-corrected chi connectivity index (χ2v) is 7.83. The number of benzene rings is 1. The predicted molar refractivity (Wildman–Crippen MR) is 100 cm³/mol. The van der Waals surface area contributed by atoms with Crippen LogP contribution in [0.4, 0.5) is 9.18 Å². The number of alkyl halides is 1. The van der Waals surface area contributed by atoms with Crippen molar-refractivity contribution in [2.75, 3.05) is 39.8 Å². The molecule has 1 aliphatic rings. The van der Waals surface area contributed by atoms with Crippen molar-refractivity contribution < 1.29 is 18.7 Å². The number of amides is 1. The van der Waals surface area contributed by atoms with Crippen LogP contribution in [-0.4, -0.2) is 67.5 Å². The first-order chi connectivity index (χ1) is 12.2. The largest absolute Gasteiger partial charge is 0.492 e. The Kier molecular flexibility index (Phi) is 7.26. The van der Waals surface area contributed by atoms with Gasteiger partial charge in [0.05, 0.1) is 0 Å². The third-order valence-corrected chi connectivity index (χ3v) is 4.23. The molecule has 1 atom stereocenters. The van der Waals surface area contributed by atoms with Gasteiger partial charge in [-0.05, 0) is 51.3 Å². The van der Waals surface area contributed by atoms with E-state index in [-0.39, 0.29) is 6.09 Å². The van der Waals surface area contributed by atoms with Crippen LogP contribution in [-0.2, 0) is 11.2 Å². The fourth-order valence-corrected chi connectivity index (χ4v) is 2.80. The lowest BCUT2D eigenvalue weighted by molar-refractivity contribution is 0.0301. The van der Waals surface area contributed by atoms with E-state index in [1.165, 1.54) is 0 Å². The molecule has 0 saturated carbocycles. The molecule has 1 saturated heterocycles. The molecule has 0 aromatic heterocycles. The Hall–Kier alpha value is -1.82. The van der Waals surface area contributed by atoms with Crippen LogP contribution >= 0.6 is 0 Å². The Balaban J connectivity index is 1.75. The number of carbonyl (C=O) groups is 1. The van der Waals surface area contributed by atoms with Crippen molar-refractivity contribution in [3.63, 3.8) is 0 Å². The minimum Gasteiger partial charge on any atom is -0.492 e. The molecule has 1 aromatic rings. The van der Waals surface area contributed by atoms with Gasteiger partial charge in [-0.1, -0.05) is 12.1 Å². The fourth-order valence-electron chi connectivity index (χ4n) is 2.80. The fraction of sp³-hybridized carbons (Fsp3) is 0.650. The van der Waals surface area contributed by atoms with Gasteiger partial charge >= 0.3 is 6.09 Å². The highest BCUT2D eigenvalue weighted by molar-refractivity contribution is 5.67.